The van der Waals surface area contributed by atoms with Crippen LogP contribution in [0.3, 0.4) is 0 Å². The summed E-state index contributed by atoms with van der Waals surface area (Å²) in [7, 11) is 0. The van der Waals surface area contributed by atoms with Gasteiger partial charge in [0, 0.05) is 31.7 Å². The van der Waals surface area contributed by atoms with Crippen LogP contribution in [0.4, 0.5) is 10.1 Å². The van der Waals surface area contributed by atoms with Crippen molar-refractivity contribution in [3.8, 4) is 17.5 Å². The lowest BCUT2D eigenvalue weighted by atomic mass is 10.3. The number of fused-ring (bicyclic) bond motifs is 1. The highest BCUT2D eigenvalue weighted by atomic mass is 19.1. The Morgan fingerprint density at radius 3 is 2.63 bits per heavy atom. The number of aryl methyl sites for hydroxylation is 1. The van der Waals surface area contributed by atoms with Crippen molar-refractivity contribution in [3.05, 3.63) is 57.0 Å². The van der Waals surface area contributed by atoms with Gasteiger partial charge in [-0.1, -0.05) is 13.8 Å². The van der Waals surface area contributed by atoms with Crippen molar-refractivity contribution in [2.45, 2.75) is 52.3 Å². The summed E-state index contributed by atoms with van der Waals surface area (Å²) >= 11 is 0. The van der Waals surface area contributed by atoms with E-state index in [2.05, 4.69) is 20.0 Å². The van der Waals surface area contributed by atoms with Crippen LogP contribution in [0.1, 0.15) is 33.1 Å². The molecule has 11 heteroatoms. The maximum atomic E-state index is 13.2. The number of halogens is 1. The molecule has 4 aromatic rings. The minimum absolute atomic E-state index is 0.107. The zero-order chi connectivity index (χ0) is 24.5. The summed E-state index contributed by atoms with van der Waals surface area (Å²) in [6, 6.07) is 8.00. The molecule has 1 atom stereocenters. The summed E-state index contributed by atoms with van der Waals surface area (Å²) in [4.78, 5) is 35.4. The summed E-state index contributed by atoms with van der Waals surface area (Å²) in [5.41, 5.74) is 0.728. The molecule has 10 nitrogen and oxygen atoms in total. The quantitative estimate of drug-likeness (QED) is 0.411. The highest BCUT2D eigenvalue weighted by molar-refractivity contribution is 5.74. The van der Waals surface area contributed by atoms with Crippen LogP contribution in [-0.2, 0) is 13.1 Å². The molecule has 0 radical (unpaired) electrons. The van der Waals surface area contributed by atoms with E-state index in [0.29, 0.717) is 49.2 Å². The first-order valence-corrected chi connectivity index (χ1v) is 11.9. The normalized spacial score (nSPS) is 15.9. The van der Waals surface area contributed by atoms with Gasteiger partial charge >= 0.3 is 5.69 Å². The van der Waals surface area contributed by atoms with Gasteiger partial charge in [0.05, 0.1) is 12.6 Å². The Labute approximate surface area is 199 Å². The van der Waals surface area contributed by atoms with E-state index in [9.17, 15) is 14.0 Å². The summed E-state index contributed by atoms with van der Waals surface area (Å²) in [6.45, 7) is 6.07. The maximum Gasteiger partial charge on any atom is 0.332 e. The molecule has 5 rings (SSSR count). The maximum absolute atomic E-state index is 13.2. The monoisotopic (exact) mass is 482 g/mol. The fourth-order valence-electron chi connectivity index (χ4n) is 4.44. The first kappa shape index (κ1) is 22.9. The molecular weight excluding hydrogens is 455 g/mol. The predicted octanol–water partition coefficient (Wildman–Crippen LogP) is 3.16. The van der Waals surface area contributed by atoms with Crippen molar-refractivity contribution in [2.24, 2.45) is 0 Å². The van der Waals surface area contributed by atoms with Crippen LogP contribution < -0.4 is 20.9 Å². The number of H-pyrrole nitrogens is 1. The number of hydrogen-bond donors (Lipinski definition) is 1. The van der Waals surface area contributed by atoms with E-state index in [0.717, 1.165) is 25.1 Å². The van der Waals surface area contributed by atoms with Crippen molar-refractivity contribution >= 4 is 16.9 Å². The minimum Gasteiger partial charge on any atom is -0.470 e. The molecule has 1 aliphatic rings. The van der Waals surface area contributed by atoms with Crippen LogP contribution in [0.2, 0.25) is 0 Å². The standard InChI is InChI=1S/C24H27FN6O4/c1-3-10-30-22-20(23(32)31(11-4-2)24(30)33)26-21(27-22)18-13-19(28-35-18)34-17-9-12-29(14-17)16-7-5-15(25)6-8-16/h5-8,13,17H,3-4,9-12,14H2,1-2H3,(H,26,27). The van der Waals surface area contributed by atoms with Gasteiger partial charge in [-0.3, -0.25) is 13.9 Å². The minimum atomic E-state index is -0.402. The highest BCUT2D eigenvalue weighted by Gasteiger charge is 2.26. The number of anilines is 1. The zero-order valence-corrected chi connectivity index (χ0v) is 19.7. The van der Waals surface area contributed by atoms with E-state index in [1.807, 2.05) is 13.8 Å². The van der Waals surface area contributed by atoms with E-state index < -0.39 is 5.56 Å². The second kappa shape index (κ2) is 9.40. The number of nitrogens with one attached hydrogen (secondary N) is 1. The Kier molecular flexibility index (Phi) is 6.14. The second-order valence-corrected chi connectivity index (χ2v) is 8.66. The topological polar surface area (TPSA) is 111 Å². The number of aromatic amines is 1. The third kappa shape index (κ3) is 4.33. The molecule has 4 heterocycles. The molecule has 0 saturated carbocycles. The Morgan fingerprint density at radius 1 is 1.14 bits per heavy atom. The first-order chi connectivity index (χ1) is 17.0. The lowest BCUT2D eigenvalue weighted by Gasteiger charge is -2.18. The molecule has 0 aliphatic carbocycles. The van der Waals surface area contributed by atoms with Gasteiger partial charge in [-0.05, 0) is 42.3 Å². The number of aromatic nitrogens is 5. The number of rotatable bonds is 8. The van der Waals surface area contributed by atoms with E-state index in [-0.39, 0.29) is 23.1 Å². The molecule has 0 spiro atoms. The molecule has 0 bridgehead atoms. The van der Waals surface area contributed by atoms with Crippen LogP contribution in [0.25, 0.3) is 22.7 Å². The molecule has 1 unspecified atom stereocenters. The molecule has 1 aliphatic heterocycles. The smallest absolute Gasteiger partial charge is 0.332 e. The van der Waals surface area contributed by atoms with Crippen LogP contribution in [0.15, 0.2) is 44.4 Å². The van der Waals surface area contributed by atoms with Crippen LogP contribution in [-0.4, -0.2) is 43.5 Å². The summed E-state index contributed by atoms with van der Waals surface area (Å²) < 4.78 is 27.4. The molecule has 35 heavy (non-hydrogen) atoms. The van der Waals surface area contributed by atoms with Gasteiger partial charge in [0.2, 0.25) is 5.76 Å². The average Bonchev–Trinajstić information content (AvgIpc) is 3.60. The molecule has 1 N–H and O–H groups in total. The molecule has 1 fully saturated rings. The lowest BCUT2D eigenvalue weighted by Crippen LogP contribution is -2.40. The molecule has 1 aromatic carbocycles. The fourth-order valence-corrected chi connectivity index (χ4v) is 4.44. The summed E-state index contributed by atoms with van der Waals surface area (Å²) in [6.07, 6.45) is 2.06. The molecular formula is C24H27FN6O4. The van der Waals surface area contributed by atoms with Crippen LogP contribution in [0.5, 0.6) is 5.88 Å². The highest BCUT2D eigenvalue weighted by Crippen LogP contribution is 2.26. The van der Waals surface area contributed by atoms with Gasteiger partial charge in [0.1, 0.15) is 11.9 Å². The van der Waals surface area contributed by atoms with Gasteiger partial charge < -0.3 is 19.1 Å². The molecule has 1 saturated heterocycles. The third-order valence-electron chi connectivity index (χ3n) is 6.10. The summed E-state index contributed by atoms with van der Waals surface area (Å²) in [5, 5.41) is 4.00. The number of imidazole rings is 1. The first-order valence-electron chi connectivity index (χ1n) is 11.9. The van der Waals surface area contributed by atoms with Gasteiger partial charge in [-0.2, -0.15) is 0 Å². The Balaban J connectivity index is 1.38. The van der Waals surface area contributed by atoms with Crippen LogP contribution in [0, 0.1) is 5.82 Å². The average molecular weight is 483 g/mol. The van der Waals surface area contributed by atoms with E-state index in [4.69, 9.17) is 9.26 Å². The zero-order valence-electron chi connectivity index (χ0n) is 19.7. The molecule has 0 amide bonds. The van der Waals surface area contributed by atoms with Gasteiger partial charge in [0.15, 0.2) is 17.0 Å². The van der Waals surface area contributed by atoms with Gasteiger partial charge in [-0.25, -0.2) is 14.2 Å². The van der Waals surface area contributed by atoms with Gasteiger partial charge in [0.25, 0.3) is 11.4 Å². The van der Waals surface area contributed by atoms with E-state index in [1.165, 1.54) is 21.3 Å². The number of ether oxygens (including phenoxy) is 1. The lowest BCUT2D eigenvalue weighted by molar-refractivity contribution is 0.203. The Morgan fingerprint density at radius 2 is 1.89 bits per heavy atom. The number of benzene rings is 1. The van der Waals surface area contributed by atoms with Gasteiger partial charge in [-0.15, -0.1) is 0 Å². The predicted molar refractivity (Wildman–Crippen MR) is 128 cm³/mol. The second-order valence-electron chi connectivity index (χ2n) is 8.66. The number of nitrogens with zero attached hydrogens (tertiary/aromatic N) is 5. The van der Waals surface area contributed by atoms with Crippen molar-refractivity contribution in [1.82, 2.24) is 24.3 Å². The SMILES string of the molecule is CCCn1c(=O)c2[nH]c(-c3cc(OC4CCN(c5ccc(F)cc5)C4)no3)nc2n(CCC)c1=O. The van der Waals surface area contributed by atoms with E-state index >= 15 is 0 Å². The third-order valence-corrected chi connectivity index (χ3v) is 6.10. The van der Waals surface area contributed by atoms with Crippen molar-refractivity contribution in [1.29, 1.82) is 0 Å². The van der Waals surface area contributed by atoms with Crippen molar-refractivity contribution < 1.29 is 13.7 Å². The Bertz CT molecular complexity index is 1450. The van der Waals surface area contributed by atoms with E-state index in [1.54, 1.807) is 18.2 Å². The Hall–Kier alpha value is -3.89. The van der Waals surface area contributed by atoms with Crippen LogP contribution >= 0.6 is 0 Å². The molecule has 184 valence electrons. The number of hydrogen-bond acceptors (Lipinski definition) is 7. The van der Waals surface area contributed by atoms with Crippen molar-refractivity contribution in [2.75, 3.05) is 18.0 Å². The summed E-state index contributed by atoms with van der Waals surface area (Å²) in [5.74, 6) is 0.650. The fraction of sp³-hybridized carbons (Fsp3) is 0.417. The van der Waals surface area contributed by atoms with Crippen molar-refractivity contribution in [3.63, 3.8) is 0 Å². The molecule has 3 aromatic heterocycles. The largest absolute Gasteiger partial charge is 0.470 e.